The first kappa shape index (κ1) is 21.6. The van der Waals surface area contributed by atoms with Gasteiger partial charge in [0.05, 0.1) is 11.1 Å². The molecule has 0 radical (unpaired) electrons. The van der Waals surface area contributed by atoms with Crippen LogP contribution in [0.1, 0.15) is 62.2 Å². The number of rotatable bonds is 6. The Balaban J connectivity index is 1.53. The van der Waals surface area contributed by atoms with E-state index in [9.17, 15) is 14.7 Å². The van der Waals surface area contributed by atoms with Gasteiger partial charge >= 0.3 is 5.97 Å². The van der Waals surface area contributed by atoms with Crippen LogP contribution in [0.4, 0.5) is 11.5 Å². The molecule has 1 aromatic carbocycles. The van der Waals surface area contributed by atoms with E-state index < -0.39 is 5.97 Å². The van der Waals surface area contributed by atoms with Gasteiger partial charge in [-0.05, 0) is 43.5 Å². The molecule has 31 heavy (non-hydrogen) atoms. The van der Waals surface area contributed by atoms with E-state index in [2.05, 4.69) is 15.1 Å². The van der Waals surface area contributed by atoms with Crippen molar-refractivity contribution >= 4 is 34.3 Å². The van der Waals surface area contributed by atoms with Gasteiger partial charge in [-0.1, -0.05) is 26.2 Å². The maximum atomic E-state index is 12.0. The van der Waals surface area contributed by atoms with Crippen LogP contribution >= 0.6 is 0 Å². The summed E-state index contributed by atoms with van der Waals surface area (Å²) in [5, 5.41) is 13.2. The average molecular weight is 425 g/mol. The Hall–Kier alpha value is -2.67. The van der Waals surface area contributed by atoms with Crippen LogP contribution in [0, 0.1) is 0 Å². The minimum absolute atomic E-state index is 0.0702. The predicted molar refractivity (Wildman–Crippen MR) is 123 cm³/mol. The molecule has 1 aliphatic carbocycles. The van der Waals surface area contributed by atoms with E-state index in [4.69, 9.17) is 4.98 Å². The van der Waals surface area contributed by atoms with Gasteiger partial charge in [-0.15, -0.1) is 0 Å². The standard InChI is InChI=1S/C24H32N4O3/c1-2-6-23(29)25-17-9-10-21-19(15-17)20(24(30)31)16-22(26-21)28-13-11-27(12-14-28)18-7-4-3-5-8-18/h9-10,15-16,18H,2-8,11-14H2,1H3,(H,25,29)(H,30,31). The van der Waals surface area contributed by atoms with Gasteiger partial charge < -0.3 is 15.3 Å². The second kappa shape index (κ2) is 9.64. The number of carbonyl (C=O) groups excluding carboxylic acids is 1. The number of aromatic carboxylic acids is 1. The molecule has 0 bridgehead atoms. The van der Waals surface area contributed by atoms with Crippen LogP contribution in [0.5, 0.6) is 0 Å². The fraction of sp³-hybridized carbons (Fsp3) is 0.542. The zero-order chi connectivity index (χ0) is 21.8. The van der Waals surface area contributed by atoms with Gasteiger partial charge in [-0.3, -0.25) is 9.69 Å². The van der Waals surface area contributed by atoms with Crippen LogP contribution in [0.15, 0.2) is 24.3 Å². The zero-order valence-electron chi connectivity index (χ0n) is 18.3. The van der Waals surface area contributed by atoms with E-state index in [0.717, 1.165) is 38.4 Å². The first-order valence-electron chi connectivity index (χ1n) is 11.5. The van der Waals surface area contributed by atoms with Gasteiger partial charge in [0.15, 0.2) is 0 Å². The van der Waals surface area contributed by atoms with Crippen molar-refractivity contribution in [2.45, 2.75) is 57.9 Å². The summed E-state index contributed by atoms with van der Waals surface area (Å²) in [6.07, 6.45) is 7.83. The molecule has 1 aliphatic heterocycles. The molecular weight excluding hydrogens is 392 g/mol. The van der Waals surface area contributed by atoms with Crippen LogP contribution in [-0.4, -0.2) is 59.1 Å². The van der Waals surface area contributed by atoms with E-state index in [1.165, 1.54) is 32.1 Å². The van der Waals surface area contributed by atoms with Gasteiger partial charge in [0.1, 0.15) is 5.82 Å². The Morgan fingerprint density at radius 2 is 1.84 bits per heavy atom. The second-order valence-electron chi connectivity index (χ2n) is 8.68. The molecule has 0 atom stereocenters. The molecule has 2 heterocycles. The van der Waals surface area contributed by atoms with Crippen molar-refractivity contribution in [1.29, 1.82) is 0 Å². The summed E-state index contributed by atoms with van der Waals surface area (Å²) in [7, 11) is 0. The van der Waals surface area contributed by atoms with Gasteiger partial charge in [0.25, 0.3) is 0 Å². The topological polar surface area (TPSA) is 85.8 Å². The van der Waals surface area contributed by atoms with Crippen molar-refractivity contribution in [3.05, 3.63) is 29.8 Å². The maximum absolute atomic E-state index is 12.0. The lowest BCUT2D eigenvalue weighted by Crippen LogP contribution is -2.51. The molecular formula is C24H32N4O3. The number of fused-ring (bicyclic) bond motifs is 1. The molecule has 2 aliphatic rings. The Morgan fingerprint density at radius 1 is 1.10 bits per heavy atom. The van der Waals surface area contributed by atoms with Gasteiger partial charge in [-0.2, -0.15) is 0 Å². The molecule has 7 heteroatoms. The van der Waals surface area contributed by atoms with Crippen molar-refractivity contribution in [1.82, 2.24) is 9.88 Å². The maximum Gasteiger partial charge on any atom is 0.336 e. The van der Waals surface area contributed by atoms with E-state index in [-0.39, 0.29) is 11.5 Å². The zero-order valence-corrected chi connectivity index (χ0v) is 18.3. The highest BCUT2D eigenvalue weighted by molar-refractivity contribution is 6.05. The first-order valence-corrected chi connectivity index (χ1v) is 11.5. The number of benzene rings is 1. The van der Waals surface area contributed by atoms with E-state index >= 15 is 0 Å². The van der Waals surface area contributed by atoms with E-state index in [1.54, 1.807) is 24.3 Å². The molecule has 7 nitrogen and oxygen atoms in total. The third-order valence-electron chi connectivity index (χ3n) is 6.52. The van der Waals surface area contributed by atoms with Crippen LogP contribution in [0.3, 0.4) is 0 Å². The summed E-state index contributed by atoms with van der Waals surface area (Å²) in [4.78, 5) is 33.5. The molecule has 0 unspecified atom stereocenters. The van der Waals surface area contributed by atoms with Crippen molar-refractivity contribution in [3.63, 3.8) is 0 Å². The highest BCUT2D eigenvalue weighted by Gasteiger charge is 2.26. The van der Waals surface area contributed by atoms with Crippen molar-refractivity contribution in [2.24, 2.45) is 0 Å². The van der Waals surface area contributed by atoms with Crippen molar-refractivity contribution < 1.29 is 14.7 Å². The molecule has 2 aromatic rings. The Kier molecular flexibility index (Phi) is 6.70. The molecule has 1 aromatic heterocycles. The second-order valence-corrected chi connectivity index (χ2v) is 8.68. The number of nitrogens with one attached hydrogen (secondary N) is 1. The fourth-order valence-electron chi connectivity index (χ4n) is 4.84. The quantitative estimate of drug-likeness (QED) is 0.725. The largest absolute Gasteiger partial charge is 0.478 e. The number of anilines is 2. The van der Waals surface area contributed by atoms with E-state index in [1.807, 2.05) is 6.92 Å². The fourth-order valence-corrected chi connectivity index (χ4v) is 4.84. The highest BCUT2D eigenvalue weighted by atomic mass is 16.4. The molecule has 1 amide bonds. The van der Waals surface area contributed by atoms with Crippen LogP contribution < -0.4 is 10.2 Å². The van der Waals surface area contributed by atoms with Gasteiger partial charge in [0, 0.05) is 49.7 Å². The summed E-state index contributed by atoms with van der Waals surface area (Å²) in [6.45, 7) is 5.66. The summed E-state index contributed by atoms with van der Waals surface area (Å²) in [5.41, 5.74) is 1.46. The van der Waals surface area contributed by atoms with E-state index in [0.29, 0.717) is 29.1 Å². The number of amides is 1. The molecule has 0 spiro atoms. The minimum Gasteiger partial charge on any atom is -0.478 e. The molecule has 166 valence electrons. The number of piperazine rings is 1. The van der Waals surface area contributed by atoms with Gasteiger partial charge in [-0.25, -0.2) is 9.78 Å². The lowest BCUT2D eigenvalue weighted by molar-refractivity contribution is -0.116. The lowest BCUT2D eigenvalue weighted by Gasteiger charge is -2.41. The number of carbonyl (C=O) groups is 2. The van der Waals surface area contributed by atoms with Crippen LogP contribution in [-0.2, 0) is 4.79 Å². The Bertz CT molecular complexity index is 947. The summed E-state index contributed by atoms with van der Waals surface area (Å²) < 4.78 is 0. The number of nitrogens with zero attached hydrogens (tertiary/aromatic N) is 3. The minimum atomic E-state index is -0.980. The number of carboxylic acid groups (broad SMARTS) is 1. The third kappa shape index (κ3) is 4.98. The number of hydrogen-bond donors (Lipinski definition) is 2. The number of aromatic nitrogens is 1. The molecule has 1 saturated carbocycles. The first-order chi connectivity index (χ1) is 15.0. The average Bonchev–Trinajstić information content (AvgIpc) is 2.79. The monoisotopic (exact) mass is 424 g/mol. The molecule has 2 N–H and O–H groups in total. The highest BCUT2D eigenvalue weighted by Crippen LogP contribution is 2.28. The Morgan fingerprint density at radius 3 is 2.52 bits per heavy atom. The predicted octanol–water partition coefficient (Wildman–Crippen LogP) is 4.13. The number of hydrogen-bond acceptors (Lipinski definition) is 5. The smallest absolute Gasteiger partial charge is 0.336 e. The SMILES string of the molecule is CCCC(=O)Nc1ccc2nc(N3CCN(C4CCCCC4)CC3)cc(C(=O)O)c2c1. The third-order valence-corrected chi connectivity index (χ3v) is 6.52. The molecule has 4 rings (SSSR count). The summed E-state index contributed by atoms with van der Waals surface area (Å²) in [6, 6.07) is 7.68. The number of carboxylic acids is 1. The van der Waals surface area contributed by atoms with Crippen LogP contribution in [0.25, 0.3) is 10.9 Å². The van der Waals surface area contributed by atoms with Gasteiger partial charge in [0.2, 0.25) is 5.91 Å². The summed E-state index contributed by atoms with van der Waals surface area (Å²) in [5.74, 6) is -0.332. The Labute approximate surface area is 183 Å². The lowest BCUT2D eigenvalue weighted by atomic mass is 9.94. The summed E-state index contributed by atoms with van der Waals surface area (Å²) >= 11 is 0. The molecule has 1 saturated heterocycles. The normalized spacial score (nSPS) is 18.3. The number of pyridine rings is 1. The van der Waals surface area contributed by atoms with Crippen molar-refractivity contribution in [3.8, 4) is 0 Å². The van der Waals surface area contributed by atoms with Crippen LogP contribution in [0.2, 0.25) is 0 Å². The molecule has 2 fully saturated rings. The van der Waals surface area contributed by atoms with Crippen molar-refractivity contribution in [2.75, 3.05) is 36.4 Å².